The first kappa shape index (κ1) is 75.1. The second-order valence-corrected chi connectivity index (χ2v) is 19.5. The summed E-state index contributed by atoms with van der Waals surface area (Å²) >= 11 is 0. The number of nitrogens with two attached hydrogens (primary N) is 1. The summed E-state index contributed by atoms with van der Waals surface area (Å²) < 4.78 is 0. The number of amides is 6. The number of carboxylic acid groups (broad SMARTS) is 3. The zero-order valence-corrected chi connectivity index (χ0v) is 47.4. The summed E-state index contributed by atoms with van der Waals surface area (Å²) in [6, 6.07) is -2.85. The van der Waals surface area contributed by atoms with Gasteiger partial charge in [-0.25, -0.2) is 9.59 Å². The molecule has 0 spiro atoms. The zero-order valence-electron chi connectivity index (χ0n) is 47.4. The maximum atomic E-state index is 12.0. The topological polar surface area (TPSA) is 381 Å². The average Bonchev–Trinajstić information content (AvgIpc) is 3.34. The molecule has 23 nitrogen and oxygen atoms in total. The number of nitrogens with one attached hydrogen (secondary N) is 6. The highest BCUT2D eigenvalue weighted by atomic mass is 16.4. The summed E-state index contributed by atoms with van der Waals surface area (Å²) in [5, 5.41) is 42.8. The number of hydrogen-bond acceptors (Lipinski definition) is 14. The second-order valence-electron chi connectivity index (χ2n) is 19.5. The first-order valence-electron chi connectivity index (χ1n) is 27.2. The Hall–Kier alpha value is -6.13. The van der Waals surface area contributed by atoms with E-state index >= 15 is 0 Å². The summed E-state index contributed by atoms with van der Waals surface area (Å²) in [7, 11) is 0. The molecule has 7 atom stereocenters. The fourth-order valence-electron chi connectivity index (χ4n) is 7.87. The van der Waals surface area contributed by atoms with Gasteiger partial charge in [-0.15, -0.1) is 0 Å². The lowest BCUT2D eigenvalue weighted by Gasteiger charge is -2.16. The fourth-order valence-corrected chi connectivity index (χ4v) is 7.87. The normalized spacial score (nSPS) is 13.3. The van der Waals surface area contributed by atoms with Crippen LogP contribution in [0.25, 0.3) is 0 Å². The van der Waals surface area contributed by atoms with Gasteiger partial charge in [0.2, 0.25) is 35.4 Å². The highest BCUT2D eigenvalue weighted by molar-refractivity contribution is 5.86. The van der Waals surface area contributed by atoms with Crippen LogP contribution in [0.5, 0.6) is 0 Å². The number of aliphatic carboxylic acids is 3. The molecular formula is C54H95N7O16. The maximum Gasteiger partial charge on any atom is 0.326 e. The van der Waals surface area contributed by atoms with E-state index in [4.69, 9.17) is 15.9 Å². The molecule has 0 aromatic heterocycles. The Kier molecular flexibility index (Phi) is 44.9. The van der Waals surface area contributed by atoms with Crippen LogP contribution < -0.4 is 37.6 Å². The SMILES string of the molecule is CCC(CCCCNC(=O)C(N)CCCNC(C)=O)C(C)=O.CCC(CCCCNC(=O)CCC(NC(=O)CCC(CC(C)=O)C(=O)O)C(=O)O)C(C)=O.CCC(CCCCNC(=O)CCC(NC(C)=O)C(=O)O)C(C)=O. The lowest BCUT2D eigenvalue weighted by atomic mass is 9.95. The minimum Gasteiger partial charge on any atom is -0.481 e. The predicted octanol–water partition coefficient (Wildman–Crippen LogP) is 4.09. The molecule has 0 saturated heterocycles. The first-order chi connectivity index (χ1) is 36.1. The number of carbonyl (C=O) groups excluding carboxylic acids is 10. The molecule has 442 valence electrons. The van der Waals surface area contributed by atoms with Gasteiger partial charge in [-0.05, 0) is 118 Å². The number of Topliss-reactive ketones (excluding diaryl/α,β-unsaturated/α-hetero) is 4. The number of ketones is 4. The van der Waals surface area contributed by atoms with Crippen LogP contribution in [0.4, 0.5) is 0 Å². The molecule has 0 bridgehead atoms. The van der Waals surface area contributed by atoms with E-state index in [0.29, 0.717) is 45.4 Å². The molecule has 11 N–H and O–H groups in total. The van der Waals surface area contributed by atoms with Gasteiger partial charge in [0, 0.05) is 83.5 Å². The van der Waals surface area contributed by atoms with Gasteiger partial charge in [0.1, 0.15) is 35.2 Å². The Balaban J connectivity index is -0.00000109. The van der Waals surface area contributed by atoms with Gasteiger partial charge < -0.3 is 57.7 Å². The van der Waals surface area contributed by atoms with E-state index in [1.54, 1.807) is 20.8 Å². The summed E-state index contributed by atoms with van der Waals surface area (Å²) in [6.07, 6.45) is 10.5. The number of rotatable bonds is 42. The number of carboxylic acids is 3. The quantitative estimate of drug-likeness (QED) is 0.0385. The lowest BCUT2D eigenvalue weighted by molar-refractivity contribution is -0.145. The highest BCUT2D eigenvalue weighted by Gasteiger charge is 2.25. The molecule has 0 aliphatic rings. The maximum absolute atomic E-state index is 12.0. The summed E-state index contributed by atoms with van der Waals surface area (Å²) in [4.78, 5) is 147. The van der Waals surface area contributed by atoms with Crippen molar-refractivity contribution in [3.05, 3.63) is 0 Å². The van der Waals surface area contributed by atoms with Gasteiger partial charge >= 0.3 is 17.9 Å². The van der Waals surface area contributed by atoms with Crippen LogP contribution in [0.3, 0.4) is 0 Å². The molecule has 0 aliphatic carbocycles. The first-order valence-corrected chi connectivity index (χ1v) is 27.2. The Morgan fingerprint density at radius 3 is 1.10 bits per heavy atom. The predicted molar refractivity (Wildman–Crippen MR) is 289 cm³/mol. The van der Waals surface area contributed by atoms with Crippen molar-refractivity contribution in [2.24, 2.45) is 29.4 Å². The summed E-state index contributed by atoms with van der Waals surface area (Å²) in [6.45, 7) is 16.8. The van der Waals surface area contributed by atoms with E-state index in [1.807, 2.05) is 20.8 Å². The van der Waals surface area contributed by atoms with Crippen LogP contribution in [-0.2, 0) is 62.3 Å². The summed E-state index contributed by atoms with van der Waals surface area (Å²) in [5.41, 5.74) is 5.79. The van der Waals surface area contributed by atoms with Crippen molar-refractivity contribution in [1.82, 2.24) is 31.9 Å². The number of unbranched alkanes of at least 4 members (excludes halogenated alkanes) is 3. The van der Waals surface area contributed by atoms with Crippen molar-refractivity contribution in [3.63, 3.8) is 0 Å². The highest BCUT2D eigenvalue weighted by Crippen LogP contribution is 2.16. The Morgan fingerprint density at radius 1 is 0.390 bits per heavy atom. The third-order valence-electron chi connectivity index (χ3n) is 12.7. The molecule has 23 heteroatoms. The van der Waals surface area contributed by atoms with Crippen LogP contribution in [0.2, 0.25) is 0 Å². The van der Waals surface area contributed by atoms with Crippen LogP contribution in [-0.4, -0.2) is 136 Å². The van der Waals surface area contributed by atoms with Crippen LogP contribution in [0.1, 0.15) is 197 Å². The molecule has 7 unspecified atom stereocenters. The summed E-state index contributed by atoms with van der Waals surface area (Å²) in [5.74, 6) is -5.94. The van der Waals surface area contributed by atoms with Gasteiger partial charge in [-0.1, -0.05) is 40.0 Å². The molecule has 77 heavy (non-hydrogen) atoms. The number of hydrogen-bond donors (Lipinski definition) is 10. The third kappa shape index (κ3) is 43.6. The molecule has 0 aromatic rings. The van der Waals surface area contributed by atoms with Crippen molar-refractivity contribution in [2.75, 3.05) is 26.2 Å². The fraction of sp³-hybridized carbons (Fsp3) is 0.759. The molecular weight excluding hydrogens is 1000 g/mol. The van der Waals surface area contributed by atoms with E-state index in [1.165, 1.54) is 20.8 Å². The smallest absolute Gasteiger partial charge is 0.326 e. The molecule has 0 radical (unpaired) electrons. The Bertz CT molecular complexity index is 1860. The van der Waals surface area contributed by atoms with Crippen molar-refractivity contribution >= 4 is 76.5 Å². The van der Waals surface area contributed by atoms with Gasteiger partial charge in [-0.3, -0.25) is 47.9 Å². The molecule has 0 aliphatic heterocycles. The molecule has 0 fully saturated rings. The molecule has 0 aromatic carbocycles. The van der Waals surface area contributed by atoms with E-state index in [2.05, 4.69) is 31.9 Å². The Labute approximate surface area is 455 Å². The average molecular weight is 1100 g/mol. The van der Waals surface area contributed by atoms with Gasteiger partial charge in [-0.2, -0.15) is 0 Å². The minimum absolute atomic E-state index is 0.0406. The van der Waals surface area contributed by atoms with Crippen LogP contribution >= 0.6 is 0 Å². The van der Waals surface area contributed by atoms with Gasteiger partial charge in [0.25, 0.3) is 0 Å². The van der Waals surface area contributed by atoms with E-state index in [9.17, 15) is 67.4 Å². The standard InChI is InChI=1S/C22H36N2O8.C16H31N3O3.C16H28N2O5/c1-4-16(15(3)26)7-5-6-12-23-19(27)11-9-18(22(31)32)24-20(28)10-8-17(21(29)30)13-14(2)25;1-4-14(12(2)20)8-5-6-10-19-16(22)15(17)9-7-11-18-13(3)21;1-4-13(11(2)19)7-5-6-10-17-15(21)9-8-14(16(22)23)18-12(3)20/h16-18H,4-13H2,1-3H3,(H,23,27)(H,24,28)(H,29,30)(H,31,32);14-15H,4-11,17H2,1-3H3,(H,18,21)(H,19,22);13-14H,4-10H2,1-3H3,(H,17,21)(H,18,20)(H,22,23). The van der Waals surface area contributed by atoms with Crippen molar-refractivity contribution in [3.8, 4) is 0 Å². The molecule has 0 heterocycles. The molecule has 0 saturated carbocycles. The Morgan fingerprint density at radius 2 is 0.766 bits per heavy atom. The van der Waals surface area contributed by atoms with Crippen molar-refractivity contribution < 1.29 is 77.6 Å². The monoisotopic (exact) mass is 1100 g/mol. The minimum atomic E-state index is -1.29. The van der Waals surface area contributed by atoms with Gasteiger partial charge in [0.15, 0.2) is 0 Å². The van der Waals surface area contributed by atoms with Crippen LogP contribution in [0, 0.1) is 23.7 Å². The van der Waals surface area contributed by atoms with E-state index in [0.717, 1.165) is 70.6 Å². The molecule has 6 amide bonds. The second kappa shape index (κ2) is 46.0. The molecule has 0 rings (SSSR count). The van der Waals surface area contributed by atoms with E-state index < -0.39 is 53.8 Å². The van der Waals surface area contributed by atoms with Crippen molar-refractivity contribution in [2.45, 2.75) is 215 Å². The number of carbonyl (C=O) groups is 13. The van der Waals surface area contributed by atoms with Gasteiger partial charge in [0.05, 0.1) is 12.0 Å². The largest absolute Gasteiger partial charge is 0.481 e. The zero-order chi connectivity index (χ0) is 59.5. The lowest BCUT2D eigenvalue weighted by Crippen LogP contribution is -2.41. The third-order valence-corrected chi connectivity index (χ3v) is 12.7. The van der Waals surface area contributed by atoms with Crippen molar-refractivity contribution in [1.29, 1.82) is 0 Å². The van der Waals surface area contributed by atoms with Crippen LogP contribution in [0.15, 0.2) is 0 Å². The van der Waals surface area contributed by atoms with E-state index in [-0.39, 0.29) is 109 Å².